The lowest BCUT2D eigenvalue weighted by atomic mass is 10.1. The molecule has 174 valence electrons. The van der Waals surface area contributed by atoms with Gasteiger partial charge in [-0.1, -0.05) is 50.6 Å². The van der Waals surface area contributed by atoms with Crippen molar-refractivity contribution in [1.29, 1.82) is 0 Å². The zero-order valence-corrected chi connectivity index (χ0v) is 19.9. The zero-order valence-electron chi connectivity index (χ0n) is 19.1. The molecule has 0 fully saturated rings. The van der Waals surface area contributed by atoms with Crippen LogP contribution in [0.3, 0.4) is 0 Å². The molecule has 2 rings (SSSR count). The second-order valence-electron chi connectivity index (χ2n) is 7.53. The number of carbonyl (C=O) groups is 2. The van der Waals surface area contributed by atoms with Gasteiger partial charge < -0.3 is 15.0 Å². The lowest BCUT2D eigenvalue weighted by molar-refractivity contribution is -0.139. The number of unbranched alkanes of at least 4 members (excludes halogenated alkanes) is 1. The highest BCUT2D eigenvalue weighted by Crippen LogP contribution is 2.20. The first-order valence-electron chi connectivity index (χ1n) is 11.0. The number of hydrogen-bond acceptors (Lipinski definition) is 4. The lowest BCUT2D eigenvalue weighted by Crippen LogP contribution is -2.49. The van der Waals surface area contributed by atoms with Crippen molar-refractivity contribution in [2.75, 3.05) is 19.4 Å². The number of methoxy groups -OCH3 is 1. The zero-order chi connectivity index (χ0) is 23.3. The van der Waals surface area contributed by atoms with Crippen LogP contribution in [0.15, 0.2) is 48.5 Å². The van der Waals surface area contributed by atoms with Crippen molar-refractivity contribution in [2.24, 2.45) is 0 Å². The van der Waals surface area contributed by atoms with Gasteiger partial charge in [0.15, 0.2) is 0 Å². The van der Waals surface area contributed by atoms with Crippen molar-refractivity contribution in [3.8, 4) is 5.75 Å². The van der Waals surface area contributed by atoms with Crippen molar-refractivity contribution in [1.82, 2.24) is 10.2 Å². The first-order chi connectivity index (χ1) is 15.5. The third kappa shape index (κ3) is 7.86. The molecule has 2 aromatic carbocycles. The average Bonchev–Trinajstić information content (AvgIpc) is 2.80. The second kappa shape index (κ2) is 13.8. The van der Waals surface area contributed by atoms with Crippen LogP contribution in [0.25, 0.3) is 0 Å². The van der Waals surface area contributed by atoms with E-state index in [1.807, 2.05) is 31.2 Å². The highest BCUT2D eigenvalue weighted by atomic mass is 32.2. The fourth-order valence-corrected chi connectivity index (χ4v) is 4.24. The maximum atomic E-state index is 13.9. The molecule has 1 atom stereocenters. The van der Waals surface area contributed by atoms with E-state index in [2.05, 4.69) is 12.2 Å². The topological polar surface area (TPSA) is 58.6 Å². The van der Waals surface area contributed by atoms with Gasteiger partial charge in [-0.2, -0.15) is 0 Å². The SMILES string of the molecule is CCCCNC(=O)[C@@H](CC)N(Cc1cccc(OC)c1)C(=O)CSCc1ccccc1F. The number of nitrogens with one attached hydrogen (secondary N) is 1. The number of carbonyl (C=O) groups excluding carboxylic acids is 2. The molecular formula is C25H33FN2O3S. The summed E-state index contributed by atoms with van der Waals surface area (Å²) in [5.41, 5.74) is 1.45. The molecule has 0 radical (unpaired) electrons. The summed E-state index contributed by atoms with van der Waals surface area (Å²) in [7, 11) is 1.59. The summed E-state index contributed by atoms with van der Waals surface area (Å²) in [5.74, 6) is 0.691. The van der Waals surface area contributed by atoms with Crippen molar-refractivity contribution in [3.63, 3.8) is 0 Å². The van der Waals surface area contributed by atoms with Gasteiger partial charge in [0.1, 0.15) is 17.6 Å². The van der Waals surface area contributed by atoms with Crippen LogP contribution in [0.4, 0.5) is 4.39 Å². The Labute approximate surface area is 194 Å². The van der Waals surface area contributed by atoms with E-state index < -0.39 is 6.04 Å². The number of rotatable bonds is 13. The fourth-order valence-electron chi connectivity index (χ4n) is 3.34. The number of benzene rings is 2. The summed E-state index contributed by atoms with van der Waals surface area (Å²) in [4.78, 5) is 27.7. The minimum absolute atomic E-state index is 0.142. The number of amides is 2. The minimum atomic E-state index is -0.570. The number of nitrogens with zero attached hydrogens (tertiary/aromatic N) is 1. The average molecular weight is 461 g/mol. The molecule has 0 heterocycles. The number of ether oxygens (including phenoxy) is 1. The Morgan fingerprint density at radius 1 is 1.16 bits per heavy atom. The van der Waals surface area contributed by atoms with E-state index in [1.54, 1.807) is 30.2 Å². The van der Waals surface area contributed by atoms with Crippen molar-refractivity contribution in [2.45, 2.75) is 51.4 Å². The third-order valence-corrected chi connectivity index (χ3v) is 6.11. The van der Waals surface area contributed by atoms with Gasteiger partial charge in [-0.05, 0) is 42.2 Å². The van der Waals surface area contributed by atoms with E-state index in [1.165, 1.54) is 17.8 Å². The smallest absolute Gasteiger partial charge is 0.242 e. The van der Waals surface area contributed by atoms with E-state index in [-0.39, 0.29) is 23.4 Å². The molecule has 0 spiro atoms. The molecule has 0 aromatic heterocycles. The third-order valence-electron chi connectivity index (χ3n) is 5.14. The van der Waals surface area contributed by atoms with E-state index in [0.29, 0.717) is 36.6 Å². The Balaban J connectivity index is 2.14. The molecule has 2 aromatic rings. The number of thioether (sulfide) groups is 1. The molecule has 2 amide bonds. The Morgan fingerprint density at radius 3 is 2.62 bits per heavy atom. The predicted molar refractivity (Wildman–Crippen MR) is 128 cm³/mol. The highest BCUT2D eigenvalue weighted by Gasteiger charge is 2.28. The van der Waals surface area contributed by atoms with Crippen molar-refractivity contribution < 1.29 is 18.7 Å². The Bertz CT molecular complexity index is 878. The van der Waals surface area contributed by atoms with Gasteiger partial charge in [-0.15, -0.1) is 11.8 Å². The van der Waals surface area contributed by atoms with Crippen LogP contribution in [0.2, 0.25) is 0 Å². The van der Waals surface area contributed by atoms with E-state index in [4.69, 9.17) is 4.74 Å². The van der Waals surface area contributed by atoms with Gasteiger partial charge in [0.2, 0.25) is 11.8 Å². The summed E-state index contributed by atoms with van der Waals surface area (Å²) in [6.45, 7) is 4.86. The largest absolute Gasteiger partial charge is 0.497 e. The van der Waals surface area contributed by atoms with Gasteiger partial charge in [-0.3, -0.25) is 9.59 Å². The van der Waals surface area contributed by atoms with E-state index in [9.17, 15) is 14.0 Å². The summed E-state index contributed by atoms with van der Waals surface area (Å²) >= 11 is 1.35. The maximum Gasteiger partial charge on any atom is 0.242 e. The van der Waals surface area contributed by atoms with Crippen LogP contribution in [-0.4, -0.2) is 42.2 Å². The van der Waals surface area contributed by atoms with Crippen molar-refractivity contribution in [3.05, 3.63) is 65.5 Å². The first kappa shape index (κ1) is 25.7. The summed E-state index contributed by atoms with van der Waals surface area (Å²) < 4.78 is 19.2. The van der Waals surface area contributed by atoms with Gasteiger partial charge in [0, 0.05) is 18.8 Å². The first-order valence-corrected chi connectivity index (χ1v) is 12.2. The molecule has 0 saturated heterocycles. The van der Waals surface area contributed by atoms with Gasteiger partial charge in [0.05, 0.1) is 12.9 Å². The molecular weight excluding hydrogens is 427 g/mol. The van der Waals surface area contributed by atoms with E-state index in [0.717, 1.165) is 18.4 Å². The molecule has 32 heavy (non-hydrogen) atoms. The molecule has 7 heteroatoms. The van der Waals surface area contributed by atoms with Crippen LogP contribution in [0.5, 0.6) is 5.75 Å². The number of halogens is 1. The van der Waals surface area contributed by atoms with Crippen LogP contribution < -0.4 is 10.1 Å². The van der Waals surface area contributed by atoms with Crippen molar-refractivity contribution >= 4 is 23.6 Å². The van der Waals surface area contributed by atoms with Crippen LogP contribution >= 0.6 is 11.8 Å². The lowest BCUT2D eigenvalue weighted by Gasteiger charge is -2.30. The molecule has 0 aliphatic carbocycles. The van der Waals surface area contributed by atoms with Crippen LogP contribution in [-0.2, 0) is 21.9 Å². The summed E-state index contributed by atoms with van der Waals surface area (Å²) in [5, 5.41) is 2.95. The molecule has 0 saturated carbocycles. The Kier molecular flexibility index (Phi) is 11.1. The second-order valence-corrected chi connectivity index (χ2v) is 8.51. The molecule has 5 nitrogen and oxygen atoms in total. The maximum absolute atomic E-state index is 13.9. The molecule has 0 aliphatic heterocycles. The van der Waals surface area contributed by atoms with Gasteiger partial charge >= 0.3 is 0 Å². The standard InChI is InChI=1S/C25H33FN2O3S/c1-4-6-14-27-25(30)23(5-2)28(16-19-10-9-12-21(15-19)31-3)24(29)18-32-17-20-11-7-8-13-22(20)26/h7-13,15,23H,4-6,14,16-18H2,1-3H3,(H,27,30)/t23-/m1/s1. The Morgan fingerprint density at radius 2 is 1.94 bits per heavy atom. The molecule has 1 N–H and O–H groups in total. The highest BCUT2D eigenvalue weighted by molar-refractivity contribution is 7.99. The minimum Gasteiger partial charge on any atom is -0.497 e. The number of hydrogen-bond donors (Lipinski definition) is 1. The monoisotopic (exact) mass is 460 g/mol. The molecule has 0 aliphatic rings. The van der Waals surface area contributed by atoms with Crippen LogP contribution in [0, 0.1) is 5.82 Å². The quantitative estimate of drug-likeness (QED) is 0.437. The summed E-state index contributed by atoms with van der Waals surface area (Å²) in [6, 6.07) is 13.5. The Hall–Kier alpha value is -2.54. The normalized spacial score (nSPS) is 11.6. The van der Waals surface area contributed by atoms with Crippen LogP contribution in [0.1, 0.15) is 44.2 Å². The fraction of sp³-hybridized carbons (Fsp3) is 0.440. The van der Waals surface area contributed by atoms with Gasteiger partial charge in [-0.25, -0.2) is 4.39 Å². The van der Waals surface area contributed by atoms with E-state index >= 15 is 0 Å². The summed E-state index contributed by atoms with van der Waals surface area (Å²) in [6.07, 6.45) is 2.38. The molecule has 0 bridgehead atoms. The van der Waals surface area contributed by atoms with Gasteiger partial charge in [0.25, 0.3) is 0 Å². The molecule has 0 unspecified atom stereocenters. The predicted octanol–water partition coefficient (Wildman–Crippen LogP) is 4.79.